The first kappa shape index (κ1) is 15.7. The van der Waals surface area contributed by atoms with E-state index in [1.165, 1.54) is 11.6 Å². The lowest BCUT2D eigenvalue weighted by Gasteiger charge is -2.19. The third kappa shape index (κ3) is 3.59. The van der Waals surface area contributed by atoms with E-state index in [1.54, 1.807) is 6.08 Å². The minimum Gasteiger partial charge on any atom is -0.322 e. The lowest BCUT2D eigenvalue weighted by molar-refractivity contribution is -0.124. The van der Waals surface area contributed by atoms with E-state index in [0.717, 1.165) is 22.4 Å². The van der Waals surface area contributed by atoms with E-state index < -0.39 is 5.91 Å². The van der Waals surface area contributed by atoms with Crippen molar-refractivity contribution in [3.05, 3.63) is 76.9 Å². The fraction of sp³-hybridized carbons (Fsp3) is 0.0526. The number of benzene rings is 2. The van der Waals surface area contributed by atoms with Crippen LogP contribution in [0.4, 0.5) is 5.69 Å². The summed E-state index contributed by atoms with van der Waals surface area (Å²) in [6, 6.07) is 15.2. The van der Waals surface area contributed by atoms with E-state index in [1.807, 2.05) is 54.6 Å². The maximum absolute atomic E-state index is 12.2. The maximum atomic E-state index is 12.2. The molecule has 2 aromatic carbocycles. The van der Waals surface area contributed by atoms with E-state index in [0.29, 0.717) is 12.0 Å². The molecule has 0 radical (unpaired) electrons. The SMILES string of the molecule is O=C(/C=C/c1ccc(C=C2Cc3ccccc3NC2=O)cc1)NO. The van der Waals surface area contributed by atoms with Crippen molar-refractivity contribution >= 4 is 29.7 Å². The molecule has 120 valence electrons. The largest absolute Gasteiger partial charge is 0.322 e. The molecule has 1 aliphatic heterocycles. The van der Waals surface area contributed by atoms with E-state index in [4.69, 9.17) is 5.21 Å². The molecule has 0 saturated heterocycles. The molecule has 1 aliphatic rings. The molecule has 0 bridgehead atoms. The van der Waals surface area contributed by atoms with E-state index in [-0.39, 0.29) is 5.91 Å². The van der Waals surface area contributed by atoms with Gasteiger partial charge in [-0.15, -0.1) is 0 Å². The number of hydrogen-bond donors (Lipinski definition) is 3. The number of anilines is 1. The summed E-state index contributed by atoms with van der Waals surface area (Å²) in [6.07, 6.45) is 5.28. The van der Waals surface area contributed by atoms with E-state index >= 15 is 0 Å². The average Bonchev–Trinajstić information content (AvgIpc) is 2.61. The number of hydroxylamine groups is 1. The molecule has 0 fully saturated rings. The fourth-order valence-electron chi connectivity index (χ4n) is 2.51. The number of rotatable bonds is 3. The topological polar surface area (TPSA) is 78.4 Å². The summed E-state index contributed by atoms with van der Waals surface area (Å²) in [6.45, 7) is 0. The van der Waals surface area contributed by atoms with Gasteiger partial charge in [-0.05, 0) is 34.9 Å². The monoisotopic (exact) mass is 320 g/mol. The van der Waals surface area contributed by atoms with Crippen LogP contribution in [0.2, 0.25) is 0 Å². The summed E-state index contributed by atoms with van der Waals surface area (Å²) in [7, 11) is 0. The van der Waals surface area contributed by atoms with Gasteiger partial charge in [-0.2, -0.15) is 0 Å². The Morgan fingerprint density at radius 3 is 2.54 bits per heavy atom. The Labute approximate surface area is 139 Å². The van der Waals surface area contributed by atoms with Crippen LogP contribution in [0.25, 0.3) is 12.2 Å². The molecule has 5 nitrogen and oxygen atoms in total. The van der Waals surface area contributed by atoms with Crippen LogP contribution in [0.15, 0.2) is 60.2 Å². The minimum absolute atomic E-state index is 0.0858. The number of carbonyl (C=O) groups is 2. The highest BCUT2D eigenvalue weighted by Gasteiger charge is 2.19. The molecule has 5 heteroatoms. The molecule has 0 aromatic heterocycles. The quantitative estimate of drug-likeness (QED) is 0.462. The lowest BCUT2D eigenvalue weighted by Crippen LogP contribution is -2.21. The number of amides is 2. The van der Waals surface area contributed by atoms with Gasteiger partial charge in [-0.3, -0.25) is 14.8 Å². The van der Waals surface area contributed by atoms with Gasteiger partial charge >= 0.3 is 0 Å². The second kappa shape index (κ2) is 6.93. The summed E-state index contributed by atoms with van der Waals surface area (Å²) in [5, 5.41) is 11.3. The molecule has 2 aromatic rings. The summed E-state index contributed by atoms with van der Waals surface area (Å²) in [5.74, 6) is -0.670. The van der Waals surface area contributed by atoms with E-state index in [9.17, 15) is 9.59 Å². The van der Waals surface area contributed by atoms with Crippen molar-refractivity contribution in [3.63, 3.8) is 0 Å². The van der Waals surface area contributed by atoms with Gasteiger partial charge in [-0.25, -0.2) is 5.48 Å². The van der Waals surface area contributed by atoms with Gasteiger partial charge in [0.15, 0.2) is 0 Å². The molecule has 0 saturated carbocycles. The predicted octanol–water partition coefficient (Wildman–Crippen LogP) is 2.78. The number of hydrogen-bond acceptors (Lipinski definition) is 3. The molecule has 24 heavy (non-hydrogen) atoms. The average molecular weight is 320 g/mol. The summed E-state index contributed by atoms with van der Waals surface area (Å²) in [4.78, 5) is 23.1. The van der Waals surface area contributed by atoms with Gasteiger partial charge in [0.2, 0.25) is 0 Å². The zero-order valence-corrected chi connectivity index (χ0v) is 12.8. The van der Waals surface area contributed by atoms with Crippen molar-refractivity contribution in [2.75, 3.05) is 5.32 Å². The standard InChI is InChI=1S/C19H16N2O3/c22-18(21-24)10-9-13-5-7-14(8-6-13)11-16-12-15-3-1-2-4-17(15)20-19(16)23/h1-11,24H,12H2,(H,20,23)(H,21,22)/b10-9+,16-11?. The van der Waals surface area contributed by atoms with Crippen molar-refractivity contribution in [1.29, 1.82) is 0 Å². The molecule has 3 rings (SSSR count). The van der Waals surface area contributed by atoms with Gasteiger partial charge in [0.25, 0.3) is 11.8 Å². The maximum Gasteiger partial charge on any atom is 0.267 e. The first-order chi connectivity index (χ1) is 11.7. The van der Waals surface area contributed by atoms with E-state index in [2.05, 4.69) is 5.32 Å². The van der Waals surface area contributed by atoms with Crippen molar-refractivity contribution in [2.24, 2.45) is 0 Å². The molecular weight excluding hydrogens is 304 g/mol. The number of fused-ring (bicyclic) bond motifs is 1. The number of para-hydroxylation sites is 1. The first-order valence-corrected chi connectivity index (χ1v) is 7.48. The molecule has 0 spiro atoms. The van der Waals surface area contributed by atoms with Crippen LogP contribution in [0, 0.1) is 0 Å². The van der Waals surface area contributed by atoms with Crippen LogP contribution in [-0.2, 0) is 16.0 Å². The van der Waals surface area contributed by atoms with Crippen LogP contribution < -0.4 is 10.8 Å². The Bertz CT molecular complexity index is 836. The molecular formula is C19H16N2O3. The zero-order chi connectivity index (χ0) is 16.9. The van der Waals surface area contributed by atoms with Crippen LogP contribution in [-0.4, -0.2) is 17.0 Å². The second-order valence-electron chi connectivity index (χ2n) is 5.43. The molecule has 2 amide bonds. The van der Waals surface area contributed by atoms with Crippen LogP contribution in [0.1, 0.15) is 16.7 Å². The molecule has 0 atom stereocenters. The van der Waals surface area contributed by atoms with Crippen LogP contribution >= 0.6 is 0 Å². The van der Waals surface area contributed by atoms with Gasteiger partial charge in [0, 0.05) is 23.8 Å². The molecule has 1 heterocycles. The van der Waals surface area contributed by atoms with Crippen LogP contribution in [0.3, 0.4) is 0 Å². The smallest absolute Gasteiger partial charge is 0.267 e. The predicted molar refractivity (Wildman–Crippen MR) is 92.2 cm³/mol. The third-order valence-electron chi connectivity index (χ3n) is 3.75. The Kier molecular flexibility index (Phi) is 4.54. The fourth-order valence-corrected chi connectivity index (χ4v) is 2.51. The third-order valence-corrected chi connectivity index (χ3v) is 3.75. The Balaban J connectivity index is 1.78. The zero-order valence-electron chi connectivity index (χ0n) is 12.8. The number of nitrogens with one attached hydrogen (secondary N) is 2. The second-order valence-corrected chi connectivity index (χ2v) is 5.43. The van der Waals surface area contributed by atoms with Crippen molar-refractivity contribution in [1.82, 2.24) is 5.48 Å². The normalized spacial score (nSPS) is 15.2. The van der Waals surface area contributed by atoms with Crippen molar-refractivity contribution in [3.8, 4) is 0 Å². The highest BCUT2D eigenvalue weighted by molar-refractivity contribution is 6.09. The van der Waals surface area contributed by atoms with Gasteiger partial charge in [0.05, 0.1) is 0 Å². The Morgan fingerprint density at radius 1 is 1.08 bits per heavy atom. The van der Waals surface area contributed by atoms with Gasteiger partial charge in [-0.1, -0.05) is 42.5 Å². The molecule has 0 aliphatic carbocycles. The molecule has 3 N–H and O–H groups in total. The van der Waals surface area contributed by atoms with Gasteiger partial charge < -0.3 is 5.32 Å². The molecule has 0 unspecified atom stereocenters. The highest BCUT2D eigenvalue weighted by Crippen LogP contribution is 2.26. The Morgan fingerprint density at radius 2 is 1.79 bits per heavy atom. The van der Waals surface area contributed by atoms with Crippen LogP contribution in [0.5, 0.6) is 0 Å². The van der Waals surface area contributed by atoms with Crippen molar-refractivity contribution in [2.45, 2.75) is 6.42 Å². The minimum atomic E-state index is -0.585. The highest BCUT2D eigenvalue weighted by atomic mass is 16.5. The first-order valence-electron chi connectivity index (χ1n) is 7.48. The summed E-state index contributed by atoms with van der Waals surface area (Å²) < 4.78 is 0. The van der Waals surface area contributed by atoms with Crippen molar-refractivity contribution < 1.29 is 14.8 Å². The number of carbonyl (C=O) groups excluding carboxylic acids is 2. The Hall–Kier alpha value is -3.18. The summed E-state index contributed by atoms with van der Waals surface area (Å²) >= 11 is 0. The lowest BCUT2D eigenvalue weighted by atomic mass is 9.96. The van der Waals surface area contributed by atoms with Gasteiger partial charge in [0.1, 0.15) is 0 Å². The summed E-state index contributed by atoms with van der Waals surface area (Å²) in [5.41, 5.74) is 5.92.